The summed E-state index contributed by atoms with van der Waals surface area (Å²) in [5.74, 6) is -3.52. The van der Waals surface area contributed by atoms with Gasteiger partial charge in [0, 0.05) is 37.7 Å². The molecule has 0 aromatic heterocycles. The average molecular weight is 579 g/mol. The predicted molar refractivity (Wildman–Crippen MR) is 141 cm³/mol. The Bertz CT molecular complexity index is 1520. The number of hydrogen-bond acceptors (Lipinski definition) is 5. The quantitative estimate of drug-likeness (QED) is 0.291. The van der Waals surface area contributed by atoms with Crippen LogP contribution in [-0.2, 0) is 19.2 Å². The molecule has 1 N–H and O–H groups in total. The Hall–Kier alpha value is -3.29. The lowest BCUT2D eigenvalue weighted by Gasteiger charge is -2.42. The summed E-state index contributed by atoms with van der Waals surface area (Å²) in [5, 5.41) is 11.3. The zero-order valence-electron chi connectivity index (χ0n) is 19.7. The first-order chi connectivity index (χ1) is 17.7. The maximum absolute atomic E-state index is 13.8. The van der Waals surface area contributed by atoms with Crippen molar-refractivity contribution in [1.82, 2.24) is 0 Å². The lowest BCUT2D eigenvalue weighted by molar-refractivity contribution is -0.123. The number of nitrogens with zero attached hydrogens (tertiary/aromatic N) is 1. The molecule has 1 saturated heterocycles. The Labute approximate surface area is 226 Å². The van der Waals surface area contributed by atoms with Gasteiger partial charge in [-0.1, -0.05) is 39.2 Å². The molecule has 6 rings (SSSR count). The zero-order valence-corrected chi connectivity index (χ0v) is 22.0. The number of rotatable bonds is 2. The summed E-state index contributed by atoms with van der Waals surface area (Å²) in [6.45, 7) is 1.61. The number of Topliss-reactive ketones (excluding diaryl/α,β-unsaturated/α-hetero) is 1. The SMILES string of the molecule is CC1=CC(=O)C2=C(CC3C(=CCC4C(=O)N(c5ccc(Cl)cc5)C(=O)C43)C2c2cc(Br)ccc2O)C1=O. The van der Waals surface area contributed by atoms with Crippen molar-refractivity contribution in [3.63, 3.8) is 0 Å². The highest BCUT2D eigenvalue weighted by Gasteiger charge is 2.56. The van der Waals surface area contributed by atoms with Gasteiger partial charge < -0.3 is 5.11 Å². The smallest absolute Gasteiger partial charge is 0.238 e. The molecule has 0 radical (unpaired) electrons. The molecule has 186 valence electrons. The number of anilines is 1. The molecular weight excluding hydrogens is 558 g/mol. The summed E-state index contributed by atoms with van der Waals surface area (Å²) in [5.41, 5.74) is 2.78. The maximum Gasteiger partial charge on any atom is 0.238 e. The minimum Gasteiger partial charge on any atom is -0.508 e. The third kappa shape index (κ3) is 3.59. The van der Waals surface area contributed by atoms with Gasteiger partial charge in [0.05, 0.1) is 17.5 Å². The molecule has 0 spiro atoms. The van der Waals surface area contributed by atoms with Gasteiger partial charge in [-0.05, 0) is 74.2 Å². The average Bonchev–Trinajstić information content (AvgIpc) is 3.13. The Morgan fingerprint density at radius 3 is 2.46 bits per heavy atom. The topological polar surface area (TPSA) is 91.8 Å². The van der Waals surface area contributed by atoms with E-state index in [0.29, 0.717) is 43.9 Å². The third-order valence-corrected chi connectivity index (χ3v) is 8.69. The summed E-state index contributed by atoms with van der Waals surface area (Å²) in [7, 11) is 0. The van der Waals surface area contributed by atoms with Crippen LogP contribution in [0.5, 0.6) is 5.75 Å². The van der Waals surface area contributed by atoms with E-state index in [-0.39, 0.29) is 35.6 Å². The van der Waals surface area contributed by atoms with Crippen molar-refractivity contribution in [2.24, 2.45) is 17.8 Å². The van der Waals surface area contributed by atoms with Gasteiger partial charge in [0.25, 0.3) is 0 Å². The van der Waals surface area contributed by atoms with Crippen LogP contribution < -0.4 is 4.90 Å². The van der Waals surface area contributed by atoms with E-state index >= 15 is 0 Å². The largest absolute Gasteiger partial charge is 0.508 e. The highest BCUT2D eigenvalue weighted by Crippen LogP contribution is 2.56. The molecule has 8 heteroatoms. The second-order valence-corrected chi connectivity index (χ2v) is 11.3. The highest BCUT2D eigenvalue weighted by molar-refractivity contribution is 9.10. The second kappa shape index (κ2) is 8.64. The van der Waals surface area contributed by atoms with Gasteiger partial charge in [-0.2, -0.15) is 0 Å². The lowest BCUT2D eigenvalue weighted by Crippen LogP contribution is -2.39. The van der Waals surface area contributed by atoms with Gasteiger partial charge in [-0.3, -0.25) is 24.1 Å². The van der Waals surface area contributed by atoms with Crippen LogP contribution in [0, 0.1) is 17.8 Å². The normalized spacial score (nSPS) is 27.1. The van der Waals surface area contributed by atoms with Gasteiger partial charge in [0.2, 0.25) is 11.8 Å². The number of phenols is 1. The van der Waals surface area contributed by atoms with Crippen LogP contribution in [0.1, 0.15) is 31.2 Å². The van der Waals surface area contributed by atoms with Gasteiger partial charge >= 0.3 is 0 Å². The van der Waals surface area contributed by atoms with Crippen LogP contribution in [0.3, 0.4) is 0 Å². The molecule has 3 aliphatic carbocycles. The lowest BCUT2D eigenvalue weighted by atomic mass is 9.59. The fourth-order valence-corrected chi connectivity index (χ4v) is 6.84. The van der Waals surface area contributed by atoms with Gasteiger partial charge in [0.15, 0.2) is 11.6 Å². The van der Waals surface area contributed by atoms with E-state index in [2.05, 4.69) is 15.9 Å². The van der Waals surface area contributed by atoms with Gasteiger partial charge in [-0.15, -0.1) is 0 Å². The molecule has 4 unspecified atom stereocenters. The van der Waals surface area contributed by atoms with E-state index in [0.717, 1.165) is 5.57 Å². The van der Waals surface area contributed by atoms with Crippen LogP contribution in [-0.4, -0.2) is 28.5 Å². The van der Waals surface area contributed by atoms with Crippen LogP contribution in [0.25, 0.3) is 0 Å². The summed E-state index contributed by atoms with van der Waals surface area (Å²) in [4.78, 5) is 55.1. The Balaban J connectivity index is 1.50. The Morgan fingerprint density at radius 2 is 1.73 bits per heavy atom. The minimum atomic E-state index is -0.694. The minimum absolute atomic E-state index is 0.00753. The predicted octanol–water partition coefficient (Wildman–Crippen LogP) is 5.44. The highest BCUT2D eigenvalue weighted by atomic mass is 79.9. The molecule has 2 amide bonds. The Kier molecular flexibility index (Phi) is 5.62. The molecule has 4 aliphatic rings. The van der Waals surface area contributed by atoms with E-state index in [4.69, 9.17) is 11.6 Å². The van der Waals surface area contributed by atoms with E-state index in [1.54, 1.807) is 43.3 Å². The number of hydrogen-bond donors (Lipinski definition) is 1. The van der Waals surface area contributed by atoms with Crippen molar-refractivity contribution in [3.05, 3.63) is 92.0 Å². The van der Waals surface area contributed by atoms with Gasteiger partial charge in [-0.25, -0.2) is 0 Å². The number of benzene rings is 2. The van der Waals surface area contributed by atoms with Crippen molar-refractivity contribution < 1.29 is 24.3 Å². The van der Waals surface area contributed by atoms with Crippen LogP contribution >= 0.6 is 27.5 Å². The zero-order chi connectivity index (χ0) is 26.2. The molecular formula is C29H21BrClNO5. The summed E-state index contributed by atoms with van der Waals surface area (Å²) in [6, 6.07) is 11.5. The summed E-state index contributed by atoms with van der Waals surface area (Å²) >= 11 is 9.47. The number of halogens is 2. The number of ketones is 2. The summed E-state index contributed by atoms with van der Waals surface area (Å²) < 4.78 is 0.709. The Morgan fingerprint density at radius 1 is 1.00 bits per heavy atom. The fourth-order valence-electron chi connectivity index (χ4n) is 6.34. The second-order valence-electron chi connectivity index (χ2n) is 9.92. The molecule has 4 atom stereocenters. The molecule has 2 aromatic rings. The number of aromatic hydroxyl groups is 1. The first-order valence-electron chi connectivity index (χ1n) is 12.0. The number of phenolic OH excluding ortho intramolecular Hbond substituents is 1. The number of allylic oxidation sites excluding steroid dienone is 6. The molecule has 1 aliphatic heterocycles. The molecule has 0 bridgehead atoms. The monoisotopic (exact) mass is 577 g/mol. The van der Waals surface area contributed by atoms with Crippen molar-refractivity contribution >= 4 is 56.6 Å². The molecule has 6 nitrogen and oxygen atoms in total. The number of amides is 2. The molecule has 37 heavy (non-hydrogen) atoms. The van der Waals surface area contributed by atoms with Crippen LogP contribution in [0.15, 0.2) is 81.4 Å². The number of carbonyl (C=O) groups excluding carboxylic acids is 4. The molecule has 2 aromatic carbocycles. The standard InChI is InChI=1S/C29H21BrClNO5/c1-13-10-23(34)26-21(27(13)35)12-19-17(24(26)20-11-14(30)2-9-22(20)33)7-8-18-25(19)29(37)32(28(18)36)16-5-3-15(31)4-6-16/h2-7,9-11,18-19,24-25,33H,8,12H2,1H3. The van der Waals surface area contributed by atoms with E-state index in [1.807, 2.05) is 6.08 Å². The van der Waals surface area contributed by atoms with Gasteiger partial charge in [0.1, 0.15) is 5.75 Å². The molecule has 1 fully saturated rings. The van der Waals surface area contributed by atoms with E-state index in [1.165, 1.54) is 17.0 Å². The van der Waals surface area contributed by atoms with Crippen molar-refractivity contribution in [3.8, 4) is 5.75 Å². The first kappa shape index (κ1) is 24.1. The van der Waals surface area contributed by atoms with Crippen molar-refractivity contribution in [2.45, 2.75) is 25.7 Å². The molecule has 1 heterocycles. The first-order valence-corrected chi connectivity index (χ1v) is 13.2. The summed E-state index contributed by atoms with van der Waals surface area (Å²) in [6.07, 6.45) is 3.80. The number of imide groups is 1. The number of carbonyl (C=O) groups is 4. The van der Waals surface area contributed by atoms with Crippen molar-refractivity contribution in [1.29, 1.82) is 0 Å². The van der Waals surface area contributed by atoms with E-state index < -0.39 is 23.7 Å². The fraction of sp³-hybridized carbons (Fsp3) is 0.241. The van der Waals surface area contributed by atoms with Crippen LogP contribution in [0.4, 0.5) is 5.69 Å². The van der Waals surface area contributed by atoms with Crippen molar-refractivity contribution in [2.75, 3.05) is 4.90 Å². The van der Waals surface area contributed by atoms with E-state index in [9.17, 15) is 24.3 Å². The van der Waals surface area contributed by atoms with Crippen LogP contribution in [0.2, 0.25) is 5.02 Å². The third-order valence-electron chi connectivity index (χ3n) is 7.95. The maximum atomic E-state index is 13.8. The molecule has 0 saturated carbocycles. The number of fused-ring (bicyclic) bond motifs is 3.